The van der Waals surface area contributed by atoms with Gasteiger partial charge in [-0.15, -0.1) is 0 Å². The van der Waals surface area contributed by atoms with Crippen LogP contribution >= 0.6 is 11.6 Å². The van der Waals surface area contributed by atoms with Gasteiger partial charge in [0.25, 0.3) is 0 Å². The monoisotopic (exact) mass is 529 g/mol. The van der Waals surface area contributed by atoms with E-state index in [1.807, 2.05) is 24.3 Å². The molecule has 0 amide bonds. The van der Waals surface area contributed by atoms with Crippen LogP contribution in [-0.4, -0.2) is 47.9 Å². The number of rotatable bonds is 12. The van der Waals surface area contributed by atoms with Gasteiger partial charge < -0.3 is 29.0 Å². The van der Waals surface area contributed by atoms with Gasteiger partial charge in [0.2, 0.25) is 5.75 Å². The van der Waals surface area contributed by atoms with Crippen LogP contribution in [0.1, 0.15) is 27.9 Å². The normalized spacial score (nSPS) is 10.8. The summed E-state index contributed by atoms with van der Waals surface area (Å²) in [6, 6.07) is 11.3. The van der Waals surface area contributed by atoms with Gasteiger partial charge in [-0.2, -0.15) is 0 Å². The van der Waals surface area contributed by atoms with Gasteiger partial charge in [0.1, 0.15) is 5.75 Å². The molecule has 0 aliphatic carbocycles. The van der Waals surface area contributed by atoms with E-state index in [4.69, 9.17) is 35.3 Å². The maximum atomic E-state index is 14.0. The molecule has 0 aliphatic rings. The van der Waals surface area contributed by atoms with Crippen molar-refractivity contribution in [2.75, 3.05) is 47.4 Å². The molecule has 3 rings (SSSR count). The average Bonchev–Trinajstić information content (AvgIpc) is 2.91. The summed E-state index contributed by atoms with van der Waals surface area (Å²) in [5.74, 6) is 1.34. The number of carbonyl (C=O) groups excluding carboxylic acids is 1. The van der Waals surface area contributed by atoms with Crippen molar-refractivity contribution in [3.05, 3.63) is 70.0 Å². The molecule has 1 N–H and O–H groups in total. The fourth-order valence-corrected chi connectivity index (χ4v) is 3.94. The van der Waals surface area contributed by atoms with Crippen molar-refractivity contribution in [3.8, 4) is 28.7 Å². The minimum atomic E-state index is -0.581. The Morgan fingerprint density at radius 2 is 1.49 bits per heavy atom. The second-order valence-corrected chi connectivity index (χ2v) is 8.22. The molecule has 0 unspecified atom stereocenters. The number of halogens is 2. The number of hydrogen-bond acceptors (Lipinski definition) is 7. The molecule has 0 bridgehead atoms. The van der Waals surface area contributed by atoms with Crippen molar-refractivity contribution >= 4 is 35.2 Å². The molecule has 3 aromatic rings. The molecule has 0 radical (unpaired) electrons. The number of hydrogen-bond donors (Lipinski definition) is 1. The third kappa shape index (κ3) is 6.65. The number of benzene rings is 3. The lowest BCUT2D eigenvalue weighted by Crippen LogP contribution is -2.10. The largest absolute Gasteiger partial charge is 0.495 e. The Morgan fingerprint density at radius 3 is 2.05 bits per heavy atom. The van der Waals surface area contributed by atoms with Gasteiger partial charge >= 0.3 is 0 Å². The summed E-state index contributed by atoms with van der Waals surface area (Å²) in [4.78, 5) is 12.6. The van der Waals surface area contributed by atoms with E-state index in [1.165, 1.54) is 26.4 Å². The summed E-state index contributed by atoms with van der Waals surface area (Å²) in [6.45, 7) is 0.308. The smallest absolute Gasteiger partial charge is 0.203 e. The van der Waals surface area contributed by atoms with E-state index in [2.05, 4.69) is 5.32 Å². The number of ketones is 1. The molecule has 0 saturated heterocycles. The second-order valence-electron chi connectivity index (χ2n) is 7.82. The van der Waals surface area contributed by atoms with Crippen LogP contribution in [0, 0.1) is 5.82 Å². The van der Waals surface area contributed by atoms with Gasteiger partial charge in [-0.25, -0.2) is 4.39 Å². The van der Waals surface area contributed by atoms with Gasteiger partial charge in [-0.05, 0) is 47.5 Å². The highest BCUT2D eigenvalue weighted by Crippen LogP contribution is 2.39. The van der Waals surface area contributed by atoms with Crippen molar-refractivity contribution in [1.82, 2.24) is 0 Å². The van der Waals surface area contributed by atoms with Crippen LogP contribution in [0.3, 0.4) is 0 Å². The summed E-state index contributed by atoms with van der Waals surface area (Å²) in [7, 11) is 7.55. The number of anilines is 1. The van der Waals surface area contributed by atoms with Gasteiger partial charge in [0.15, 0.2) is 28.8 Å². The van der Waals surface area contributed by atoms with E-state index < -0.39 is 5.82 Å². The van der Waals surface area contributed by atoms with E-state index >= 15 is 0 Å². The number of nitrogens with one attached hydrogen (secondary N) is 1. The summed E-state index contributed by atoms with van der Waals surface area (Å²) in [5.41, 5.74) is 2.56. The maximum absolute atomic E-state index is 14.0. The Hall–Kier alpha value is -3.91. The molecular formula is C28H29ClFNO6. The first kappa shape index (κ1) is 27.7. The second kappa shape index (κ2) is 12.9. The van der Waals surface area contributed by atoms with Crippen molar-refractivity contribution in [3.63, 3.8) is 0 Å². The topological polar surface area (TPSA) is 75.3 Å². The minimum Gasteiger partial charge on any atom is -0.495 e. The van der Waals surface area contributed by atoms with Crippen LogP contribution in [0.2, 0.25) is 5.02 Å². The Morgan fingerprint density at radius 1 is 0.838 bits per heavy atom. The van der Waals surface area contributed by atoms with Crippen molar-refractivity contribution in [2.24, 2.45) is 0 Å². The summed E-state index contributed by atoms with van der Waals surface area (Å²) >= 11 is 6.38. The van der Waals surface area contributed by atoms with Crippen LogP contribution in [0.4, 0.5) is 10.1 Å². The van der Waals surface area contributed by atoms with Crippen LogP contribution in [0.15, 0.2) is 42.5 Å². The first-order valence-electron chi connectivity index (χ1n) is 11.3. The van der Waals surface area contributed by atoms with Crippen LogP contribution < -0.4 is 29.0 Å². The zero-order chi connectivity index (χ0) is 26.9. The van der Waals surface area contributed by atoms with Crippen molar-refractivity contribution in [1.29, 1.82) is 0 Å². The molecule has 0 spiro atoms. The molecule has 196 valence electrons. The first-order valence-corrected chi connectivity index (χ1v) is 11.7. The molecule has 3 aromatic carbocycles. The van der Waals surface area contributed by atoms with E-state index in [-0.39, 0.29) is 23.5 Å². The van der Waals surface area contributed by atoms with Crippen LogP contribution in [0.25, 0.3) is 12.2 Å². The molecule has 0 saturated carbocycles. The Bertz CT molecular complexity index is 1270. The molecule has 0 aromatic heterocycles. The maximum Gasteiger partial charge on any atom is 0.203 e. The average molecular weight is 530 g/mol. The number of ether oxygens (including phenoxy) is 5. The molecule has 0 atom stereocenters. The van der Waals surface area contributed by atoms with E-state index in [9.17, 15) is 9.18 Å². The minimum absolute atomic E-state index is 0.0893. The first-order chi connectivity index (χ1) is 17.8. The lowest BCUT2D eigenvalue weighted by molar-refractivity contribution is 0.0986. The quantitative estimate of drug-likeness (QED) is 0.215. The third-order valence-corrected chi connectivity index (χ3v) is 5.90. The van der Waals surface area contributed by atoms with Crippen molar-refractivity contribution in [2.45, 2.75) is 6.42 Å². The molecule has 37 heavy (non-hydrogen) atoms. The van der Waals surface area contributed by atoms with E-state index in [0.29, 0.717) is 40.3 Å². The number of Topliss-reactive ketones (excluding diaryl/α,β-unsaturated/α-hetero) is 1. The fraction of sp³-hybridized carbons (Fsp3) is 0.250. The molecular weight excluding hydrogens is 501 g/mol. The predicted octanol–water partition coefficient (Wildman–Crippen LogP) is 6.38. The van der Waals surface area contributed by atoms with Crippen LogP contribution in [-0.2, 0) is 0 Å². The van der Waals surface area contributed by atoms with Gasteiger partial charge in [0.05, 0.1) is 40.6 Å². The standard InChI is InChI=1S/C28H29ClFNO6/c1-33-24-9-8-19(15-21(24)30)23(32)10-11-31-22-16-25(34-2)20(29)14-18(22)7-6-17-12-26(35-3)28(37-5)27(13-17)36-4/h6-9,12-16,31H,10-11H2,1-5H3/b7-6-. The number of carbonyl (C=O) groups is 1. The van der Waals surface area contributed by atoms with Gasteiger partial charge in [0, 0.05) is 30.3 Å². The lowest BCUT2D eigenvalue weighted by atomic mass is 10.1. The van der Waals surface area contributed by atoms with Gasteiger partial charge in [-0.3, -0.25) is 4.79 Å². The highest BCUT2D eigenvalue weighted by Gasteiger charge is 2.14. The Balaban J connectivity index is 1.82. The molecule has 0 aliphatic heterocycles. The highest BCUT2D eigenvalue weighted by molar-refractivity contribution is 6.32. The SMILES string of the molecule is COc1ccc(C(=O)CCNc2cc(OC)c(Cl)cc2/C=C\c2cc(OC)c(OC)c(OC)c2)cc1F. The van der Waals surface area contributed by atoms with E-state index in [0.717, 1.165) is 11.1 Å². The molecule has 9 heteroatoms. The molecule has 7 nitrogen and oxygen atoms in total. The molecule has 0 fully saturated rings. The third-order valence-electron chi connectivity index (χ3n) is 5.61. The van der Waals surface area contributed by atoms with Crippen molar-refractivity contribution < 1.29 is 32.9 Å². The zero-order valence-electron chi connectivity index (χ0n) is 21.3. The van der Waals surface area contributed by atoms with E-state index in [1.54, 1.807) is 39.5 Å². The Labute approximate surface area is 220 Å². The predicted molar refractivity (Wildman–Crippen MR) is 143 cm³/mol. The summed E-state index contributed by atoms with van der Waals surface area (Å²) in [6.07, 6.45) is 3.89. The Kier molecular flexibility index (Phi) is 9.63. The number of methoxy groups -OCH3 is 5. The van der Waals surface area contributed by atoms with Gasteiger partial charge in [-0.1, -0.05) is 23.8 Å². The summed E-state index contributed by atoms with van der Waals surface area (Å²) < 4.78 is 40.5. The summed E-state index contributed by atoms with van der Waals surface area (Å²) in [5, 5.41) is 3.69. The highest BCUT2D eigenvalue weighted by atomic mass is 35.5. The lowest BCUT2D eigenvalue weighted by Gasteiger charge is -2.14. The molecule has 0 heterocycles. The fourth-order valence-electron chi connectivity index (χ4n) is 3.69. The van der Waals surface area contributed by atoms with Crippen LogP contribution in [0.5, 0.6) is 28.7 Å². The zero-order valence-corrected chi connectivity index (χ0v) is 22.1.